The van der Waals surface area contributed by atoms with Crippen molar-refractivity contribution in [1.82, 2.24) is 0 Å². The van der Waals surface area contributed by atoms with Crippen LogP contribution in [0, 0.1) is 5.41 Å². The molecule has 1 atom stereocenters. The van der Waals surface area contributed by atoms with Crippen molar-refractivity contribution < 1.29 is 28.0 Å². The van der Waals surface area contributed by atoms with E-state index in [1.165, 1.54) is 0 Å². The van der Waals surface area contributed by atoms with Crippen LogP contribution in [-0.4, -0.2) is 16.6 Å². The molecule has 10 heavy (non-hydrogen) atoms. The smallest absolute Gasteiger partial charge is 0.366 e. The number of carbonyl (C=O) groups is 1. The summed E-state index contributed by atoms with van der Waals surface area (Å²) in [6.45, 7) is 3.85. The molecule has 1 aliphatic carbocycles. The zero-order valence-electron chi connectivity index (χ0n) is 6.15. The predicted molar refractivity (Wildman–Crippen MR) is 31.7 cm³/mol. The van der Waals surface area contributed by atoms with Crippen LogP contribution in [0.2, 0.25) is 0 Å². The number of hydrogen-bond donors (Lipinski definition) is 2. The van der Waals surface area contributed by atoms with Crippen LogP contribution in [0.5, 0.6) is 0 Å². The summed E-state index contributed by atoms with van der Waals surface area (Å²) in [7, 11) is 0. The Morgan fingerprint density at radius 3 is 1.90 bits per heavy atom. The van der Waals surface area contributed by atoms with Crippen molar-refractivity contribution in [2.24, 2.45) is 5.41 Å². The molecule has 1 rings (SSSR count). The molecular formula is C6H12ClNO2. The van der Waals surface area contributed by atoms with Gasteiger partial charge >= 0.3 is 5.97 Å². The maximum Gasteiger partial charge on any atom is 0.366 e. The van der Waals surface area contributed by atoms with E-state index in [0.29, 0.717) is 6.42 Å². The van der Waals surface area contributed by atoms with Crippen LogP contribution in [-0.2, 0) is 4.79 Å². The number of halogens is 1. The van der Waals surface area contributed by atoms with Crippen molar-refractivity contribution in [2.45, 2.75) is 25.8 Å². The Kier molecular flexibility index (Phi) is 2.04. The number of carboxylic acids is 1. The van der Waals surface area contributed by atoms with Gasteiger partial charge in [-0.15, -0.1) is 0 Å². The fourth-order valence-corrected chi connectivity index (χ4v) is 1.08. The highest BCUT2D eigenvalue weighted by atomic mass is 35.5. The lowest BCUT2D eigenvalue weighted by Crippen LogP contribution is -3.00. The molecule has 0 aromatic rings. The highest BCUT2D eigenvalue weighted by Crippen LogP contribution is 2.51. The van der Waals surface area contributed by atoms with Gasteiger partial charge in [-0.2, -0.15) is 0 Å². The van der Waals surface area contributed by atoms with E-state index in [9.17, 15) is 4.79 Å². The van der Waals surface area contributed by atoms with Gasteiger partial charge in [0.2, 0.25) is 0 Å². The molecule has 0 spiro atoms. The molecular weight excluding hydrogens is 154 g/mol. The number of aliphatic carboxylic acids is 1. The molecule has 60 valence electrons. The molecule has 1 fully saturated rings. The molecule has 0 radical (unpaired) electrons. The van der Waals surface area contributed by atoms with Crippen LogP contribution in [0.4, 0.5) is 0 Å². The summed E-state index contributed by atoms with van der Waals surface area (Å²) in [4.78, 5) is 10.4. The monoisotopic (exact) mass is 165 g/mol. The minimum atomic E-state index is -0.771. The van der Waals surface area contributed by atoms with E-state index in [0.717, 1.165) is 0 Å². The van der Waals surface area contributed by atoms with Crippen molar-refractivity contribution in [3.8, 4) is 0 Å². The Hall–Kier alpha value is -0.280. The van der Waals surface area contributed by atoms with Crippen LogP contribution >= 0.6 is 0 Å². The van der Waals surface area contributed by atoms with Gasteiger partial charge in [-0.3, -0.25) is 0 Å². The van der Waals surface area contributed by atoms with Gasteiger partial charge in [0.1, 0.15) is 0 Å². The third-order valence-corrected chi connectivity index (χ3v) is 2.32. The molecule has 0 bridgehead atoms. The van der Waals surface area contributed by atoms with Gasteiger partial charge in [0.15, 0.2) is 5.54 Å². The highest BCUT2D eigenvalue weighted by molar-refractivity contribution is 5.82. The first kappa shape index (κ1) is 9.72. The average Bonchev–Trinajstić information content (AvgIpc) is 2.08. The van der Waals surface area contributed by atoms with E-state index in [4.69, 9.17) is 5.11 Å². The molecule has 4 heteroatoms. The second-order valence-electron chi connectivity index (χ2n) is 3.45. The molecule has 0 saturated heterocycles. The summed E-state index contributed by atoms with van der Waals surface area (Å²) >= 11 is 0. The van der Waals surface area contributed by atoms with Crippen LogP contribution in [0.15, 0.2) is 0 Å². The van der Waals surface area contributed by atoms with E-state index < -0.39 is 11.5 Å². The Labute approximate surface area is 66.0 Å². The Morgan fingerprint density at radius 2 is 1.90 bits per heavy atom. The van der Waals surface area contributed by atoms with Gasteiger partial charge < -0.3 is 23.2 Å². The van der Waals surface area contributed by atoms with E-state index in [2.05, 4.69) is 5.73 Å². The normalized spacial score (nSPS) is 34.3. The second-order valence-corrected chi connectivity index (χ2v) is 3.45. The number of quaternary nitrogens is 1. The molecule has 0 aromatic carbocycles. The molecule has 0 unspecified atom stereocenters. The lowest BCUT2D eigenvalue weighted by Gasteiger charge is -2.03. The van der Waals surface area contributed by atoms with E-state index in [1.54, 1.807) is 0 Å². The summed E-state index contributed by atoms with van der Waals surface area (Å²) in [6, 6.07) is 0. The summed E-state index contributed by atoms with van der Waals surface area (Å²) in [5.74, 6) is -0.771. The van der Waals surface area contributed by atoms with Gasteiger partial charge in [-0.25, -0.2) is 4.79 Å². The lowest BCUT2D eigenvalue weighted by molar-refractivity contribution is -0.434. The lowest BCUT2D eigenvalue weighted by atomic mass is 10.1. The standard InChI is InChI=1S/C6H11NO2.ClH/c1-5(2)3-6(5,7)4(8)9;/h3,7H2,1-2H3,(H,8,9);1H/t6-;/m1./s1. The molecule has 1 aliphatic rings. The maximum atomic E-state index is 10.4. The molecule has 0 aliphatic heterocycles. The summed E-state index contributed by atoms with van der Waals surface area (Å²) in [5, 5.41) is 8.59. The van der Waals surface area contributed by atoms with Crippen LogP contribution in [0.3, 0.4) is 0 Å². The summed E-state index contributed by atoms with van der Waals surface area (Å²) in [6.07, 6.45) is 0.704. The van der Waals surface area contributed by atoms with Gasteiger partial charge in [-0.1, -0.05) is 13.8 Å². The summed E-state index contributed by atoms with van der Waals surface area (Å²) in [5.41, 5.74) is 2.86. The first-order valence-corrected chi connectivity index (χ1v) is 2.99. The maximum absolute atomic E-state index is 10.4. The van der Waals surface area contributed by atoms with Gasteiger partial charge in [-0.05, 0) is 0 Å². The van der Waals surface area contributed by atoms with Crippen molar-refractivity contribution in [3.05, 3.63) is 0 Å². The zero-order chi connectivity index (χ0) is 7.28. The average molecular weight is 166 g/mol. The largest absolute Gasteiger partial charge is 1.00 e. The van der Waals surface area contributed by atoms with E-state index in [-0.39, 0.29) is 17.8 Å². The minimum Gasteiger partial charge on any atom is -1.00 e. The van der Waals surface area contributed by atoms with Crippen molar-refractivity contribution in [2.75, 3.05) is 0 Å². The predicted octanol–water partition coefficient (Wildman–Crippen LogP) is -3.51. The Balaban J connectivity index is 0.000000810. The van der Waals surface area contributed by atoms with Crippen molar-refractivity contribution in [3.63, 3.8) is 0 Å². The molecule has 1 saturated carbocycles. The van der Waals surface area contributed by atoms with Crippen LogP contribution in [0.25, 0.3) is 0 Å². The first-order valence-electron chi connectivity index (χ1n) is 2.99. The second kappa shape index (κ2) is 2.10. The minimum absolute atomic E-state index is 0. The van der Waals surface area contributed by atoms with Gasteiger partial charge in [0, 0.05) is 11.8 Å². The van der Waals surface area contributed by atoms with Crippen LogP contribution in [0.1, 0.15) is 20.3 Å². The van der Waals surface area contributed by atoms with Crippen molar-refractivity contribution >= 4 is 5.97 Å². The highest BCUT2D eigenvalue weighted by Gasteiger charge is 2.69. The van der Waals surface area contributed by atoms with Gasteiger partial charge in [0.05, 0.1) is 0 Å². The number of carboxylic acid groups (broad SMARTS) is 1. The third-order valence-electron chi connectivity index (χ3n) is 2.32. The zero-order valence-corrected chi connectivity index (χ0v) is 6.90. The molecule has 3 nitrogen and oxygen atoms in total. The Bertz CT molecular complexity index is 169. The van der Waals surface area contributed by atoms with E-state index in [1.807, 2.05) is 13.8 Å². The molecule has 0 amide bonds. The molecule has 4 N–H and O–H groups in total. The summed E-state index contributed by atoms with van der Waals surface area (Å²) < 4.78 is 0. The molecule has 0 aromatic heterocycles. The number of rotatable bonds is 1. The quantitative estimate of drug-likeness (QED) is 0.423. The molecule has 0 heterocycles. The topological polar surface area (TPSA) is 64.9 Å². The first-order chi connectivity index (χ1) is 3.90. The fraction of sp³-hybridized carbons (Fsp3) is 0.833. The Morgan fingerprint density at radius 1 is 1.60 bits per heavy atom. The van der Waals surface area contributed by atoms with Gasteiger partial charge in [0.25, 0.3) is 0 Å². The number of hydrogen-bond acceptors (Lipinski definition) is 1. The van der Waals surface area contributed by atoms with Crippen molar-refractivity contribution in [1.29, 1.82) is 0 Å². The SMILES string of the molecule is CC1(C)C[C@@]1([NH3+])C(=O)O.[Cl-]. The van der Waals surface area contributed by atoms with E-state index >= 15 is 0 Å². The van der Waals surface area contributed by atoms with Crippen LogP contribution < -0.4 is 18.1 Å². The fourth-order valence-electron chi connectivity index (χ4n) is 1.08. The third kappa shape index (κ3) is 0.995.